The molecule has 1 amide bonds. The summed E-state index contributed by atoms with van der Waals surface area (Å²) < 4.78 is 39.1. The van der Waals surface area contributed by atoms with E-state index >= 15 is 0 Å². The number of hydrogen-bond acceptors (Lipinski definition) is 5. The van der Waals surface area contributed by atoms with Crippen molar-refractivity contribution in [2.45, 2.75) is 11.3 Å². The molecule has 0 radical (unpaired) electrons. The molecular weight excluding hydrogens is 469 g/mol. The molecule has 1 aromatic heterocycles. The van der Waals surface area contributed by atoms with Crippen molar-refractivity contribution in [3.8, 4) is 0 Å². The first kappa shape index (κ1) is 22.6. The maximum absolute atomic E-state index is 13.2. The number of halogens is 2. The first-order valence-electron chi connectivity index (χ1n) is 9.69. The van der Waals surface area contributed by atoms with Gasteiger partial charge in [-0.25, -0.2) is 12.8 Å². The first-order chi connectivity index (χ1) is 15.6. The lowest BCUT2D eigenvalue weighted by Crippen LogP contribution is -2.16. The van der Waals surface area contributed by atoms with Gasteiger partial charge in [-0.15, -0.1) is 0 Å². The highest BCUT2D eigenvalue weighted by Crippen LogP contribution is 2.28. The normalized spacial score (nSPS) is 11.5. The molecule has 33 heavy (non-hydrogen) atoms. The summed E-state index contributed by atoms with van der Waals surface area (Å²) in [6.45, 7) is 0. The van der Waals surface area contributed by atoms with E-state index in [1.165, 1.54) is 30.5 Å². The molecule has 1 N–H and O–H groups in total. The van der Waals surface area contributed by atoms with E-state index in [0.29, 0.717) is 10.6 Å². The van der Waals surface area contributed by atoms with Crippen LogP contribution in [0.1, 0.15) is 15.9 Å². The number of carbonyl (C=O) groups excluding carboxylic acids is 2. The zero-order valence-electron chi connectivity index (χ0n) is 17.2. The van der Waals surface area contributed by atoms with E-state index in [-0.39, 0.29) is 33.5 Å². The molecular formula is C23H17ClFN3O4S. The third-order valence-corrected chi connectivity index (χ3v) is 6.43. The Morgan fingerprint density at radius 3 is 2.45 bits per heavy atom. The van der Waals surface area contributed by atoms with E-state index in [0.717, 1.165) is 23.1 Å². The summed E-state index contributed by atoms with van der Waals surface area (Å²) in [5, 5.41) is 7.36. The smallest absolute Gasteiger partial charge is 0.278 e. The maximum Gasteiger partial charge on any atom is 0.278 e. The molecule has 4 aromatic rings. The molecule has 0 aliphatic rings. The third kappa shape index (κ3) is 4.79. The second kappa shape index (κ2) is 8.76. The van der Waals surface area contributed by atoms with E-state index in [1.807, 2.05) is 0 Å². The van der Waals surface area contributed by atoms with Gasteiger partial charge in [0.2, 0.25) is 5.91 Å². The number of amides is 1. The van der Waals surface area contributed by atoms with Crippen LogP contribution in [0.25, 0.3) is 10.9 Å². The number of hydrogen-bond donors (Lipinski definition) is 1. The Balaban J connectivity index is 1.75. The standard InChI is InChI=1S/C23H17ClFN3O4S/c1-33(31,32)21-12-17(27-22(29)10-15-4-2-3-5-19(15)24)11-20-18(21)13-26-28(20)23(30)14-6-8-16(25)9-7-14/h2-9,11-13H,10H2,1H3,(H,27,29). The van der Waals surface area contributed by atoms with E-state index in [4.69, 9.17) is 11.6 Å². The summed E-state index contributed by atoms with van der Waals surface area (Å²) in [4.78, 5) is 25.4. The fraction of sp³-hybridized carbons (Fsp3) is 0.0870. The van der Waals surface area contributed by atoms with E-state index in [1.54, 1.807) is 24.3 Å². The summed E-state index contributed by atoms with van der Waals surface area (Å²) in [6.07, 6.45) is 2.26. The van der Waals surface area contributed by atoms with Gasteiger partial charge in [0, 0.05) is 27.9 Å². The van der Waals surface area contributed by atoms with Gasteiger partial charge >= 0.3 is 0 Å². The van der Waals surface area contributed by atoms with Crippen LogP contribution in [0.3, 0.4) is 0 Å². The van der Waals surface area contributed by atoms with Crippen LogP contribution in [0.5, 0.6) is 0 Å². The second-order valence-corrected chi connectivity index (χ2v) is 9.76. The van der Waals surface area contributed by atoms with Gasteiger partial charge in [0.1, 0.15) is 5.82 Å². The zero-order valence-corrected chi connectivity index (χ0v) is 18.8. The minimum Gasteiger partial charge on any atom is -0.326 e. The van der Waals surface area contributed by atoms with Crippen molar-refractivity contribution in [2.24, 2.45) is 0 Å². The quantitative estimate of drug-likeness (QED) is 0.459. The number of nitrogens with one attached hydrogen (secondary N) is 1. The highest BCUT2D eigenvalue weighted by atomic mass is 35.5. The van der Waals surface area contributed by atoms with Crippen molar-refractivity contribution >= 4 is 49.8 Å². The molecule has 7 nitrogen and oxygen atoms in total. The third-order valence-electron chi connectivity index (χ3n) is 4.93. The lowest BCUT2D eigenvalue weighted by molar-refractivity contribution is -0.115. The van der Waals surface area contributed by atoms with Crippen LogP contribution in [0.4, 0.5) is 10.1 Å². The highest BCUT2D eigenvalue weighted by molar-refractivity contribution is 7.91. The van der Waals surface area contributed by atoms with Crippen molar-refractivity contribution in [3.63, 3.8) is 0 Å². The van der Waals surface area contributed by atoms with Crippen molar-refractivity contribution in [2.75, 3.05) is 11.6 Å². The van der Waals surface area contributed by atoms with Gasteiger partial charge in [-0.3, -0.25) is 9.59 Å². The van der Waals surface area contributed by atoms with Gasteiger partial charge in [-0.1, -0.05) is 29.8 Å². The Hall–Kier alpha value is -3.56. The molecule has 4 rings (SSSR count). The summed E-state index contributed by atoms with van der Waals surface area (Å²) in [5.41, 5.74) is 1.13. The van der Waals surface area contributed by atoms with E-state index < -0.39 is 27.5 Å². The predicted octanol–water partition coefficient (Wildman–Crippen LogP) is 4.10. The van der Waals surface area contributed by atoms with Gasteiger partial charge in [-0.05, 0) is 48.0 Å². The zero-order chi connectivity index (χ0) is 23.8. The van der Waals surface area contributed by atoms with E-state index in [9.17, 15) is 22.4 Å². The van der Waals surface area contributed by atoms with Crippen molar-refractivity contribution < 1.29 is 22.4 Å². The monoisotopic (exact) mass is 485 g/mol. The maximum atomic E-state index is 13.2. The summed E-state index contributed by atoms with van der Waals surface area (Å²) >= 11 is 6.11. The van der Waals surface area contributed by atoms with Crippen LogP contribution < -0.4 is 5.32 Å². The molecule has 0 fully saturated rings. The molecule has 1 heterocycles. The molecule has 0 aliphatic heterocycles. The molecule has 10 heteroatoms. The summed E-state index contributed by atoms with van der Waals surface area (Å²) in [5.74, 6) is -1.50. The Labute approximate surface area is 193 Å². The molecule has 0 atom stereocenters. The molecule has 0 aliphatic carbocycles. The van der Waals surface area contributed by atoms with Gasteiger partial charge in [0.25, 0.3) is 5.91 Å². The average molecular weight is 486 g/mol. The number of carbonyl (C=O) groups is 2. The number of rotatable bonds is 5. The predicted molar refractivity (Wildman–Crippen MR) is 123 cm³/mol. The number of sulfone groups is 1. The first-order valence-corrected chi connectivity index (χ1v) is 12.0. The summed E-state index contributed by atoms with van der Waals surface area (Å²) in [7, 11) is -3.72. The molecule has 0 unspecified atom stereocenters. The van der Waals surface area contributed by atoms with Crippen LogP contribution >= 0.6 is 11.6 Å². The Bertz CT molecular complexity index is 1500. The number of aromatic nitrogens is 2. The van der Waals surface area contributed by atoms with Crippen LogP contribution in [0.15, 0.2) is 71.8 Å². The van der Waals surface area contributed by atoms with Gasteiger partial charge in [-0.2, -0.15) is 9.78 Å². The van der Waals surface area contributed by atoms with E-state index in [2.05, 4.69) is 10.4 Å². The summed E-state index contributed by atoms with van der Waals surface area (Å²) in [6, 6.07) is 14.5. The molecule has 0 saturated heterocycles. The van der Waals surface area contributed by atoms with Crippen molar-refractivity contribution in [3.05, 3.63) is 88.8 Å². The van der Waals surface area contributed by atoms with Gasteiger partial charge < -0.3 is 5.32 Å². The number of fused-ring (bicyclic) bond motifs is 1. The van der Waals surface area contributed by atoms with Crippen LogP contribution in [0.2, 0.25) is 5.02 Å². The molecule has 168 valence electrons. The van der Waals surface area contributed by atoms with Gasteiger partial charge in [0.05, 0.1) is 23.0 Å². The topological polar surface area (TPSA) is 98.1 Å². The van der Waals surface area contributed by atoms with Crippen LogP contribution in [0, 0.1) is 5.82 Å². The number of nitrogens with zero attached hydrogens (tertiary/aromatic N) is 2. The highest BCUT2D eigenvalue weighted by Gasteiger charge is 2.21. The molecule has 0 bridgehead atoms. The second-order valence-electron chi connectivity index (χ2n) is 7.36. The SMILES string of the molecule is CS(=O)(=O)c1cc(NC(=O)Cc2ccccc2Cl)cc2c1cnn2C(=O)c1ccc(F)cc1. The molecule has 0 spiro atoms. The average Bonchev–Trinajstić information content (AvgIpc) is 3.18. The minimum atomic E-state index is -3.72. The number of benzene rings is 3. The fourth-order valence-electron chi connectivity index (χ4n) is 3.37. The lowest BCUT2D eigenvalue weighted by Gasteiger charge is -2.10. The van der Waals surface area contributed by atoms with Crippen LogP contribution in [-0.2, 0) is 21.1 Å². The van der Waals surface area contributed by atoms with Crippen molar-refractivity contribution in [1.29, 1.82) is 0 Å². The largest absolute Gasteiger partial charge is 0.326 e. The van der Waals surface area contributed by atoms with Crippen molar-refractivity contribution in [1.82, 2.24) is 9.78 Å². The number of anilines is 1. The van der Waals surface area contributed by atoms with Gasteiger partial charge in [0.15, 0.2) is 9.84 Å². The van der Waals surface area contributed by atoms with Crippen LogP contribution in [-0.4, -0.2) is 36.3 Å². The Kier molecular flexibility index (Phi) is 6.01. The Morgan fingerprint density at radius 1 is 1.09 bits per heavy atom. The lowest BCUT2D eigenvalue weighted by atomic mass is 10.1. The molecule has 3 aromatic carbocycles. The fourth-order valence-corrected chi connectivity index (χ4v) is 4.47. The molecule has 0 saturated carbocycles. The minimum absolute atomic E-state index is 0.0281. The Morgan fingerprint density at radius 2 is 1.79 bits per heavy atom.